The van der Waals surface area contributed by atoms with Gasteiger partial charge < -0.3 is 76.0 Å². The Balaban J connectivity index is 2.17. The van der Waals surface area contributed by atoms with Gasteiger partial charge in [-0.1, -0.05) is 6.07 Å². The predicted octanol–water partition coefficient (Wildman–Crippen LogP) is -6.11. The van der Waals surface area contributed by atoms with Crippen molar-refractivity contribution in [1.82, 2.24) is 29.5 Å². The van der Waals surface area contributed by atoms with Crippen LogP contribution in [-0.4, -0.2) is 249 Å². The van der Waals surface area contributed by atoms with Gasteiger partial charge >= 0.3 is 11.9 Å². The number of hydrogen-bond donors (Lipinski definition) is 12. The number of amides is 2. The molecule has 332 valence electrons. The molecule has 22 heteroatoms. The topological polar surface area (TPSA) is 340 Å². The number of carbonyl (C=O) groups is 4. The molecule has 58 heavy (non-hydrogen) atoms. The molecule has 1 aromatic rings. The summed E-state index contributed by atoms with van der Waals surface area (Å²) in [4.78, 5) is 63.1. The van der Waals surface area contributed by atoms with Crippen molar-refractivity contribution >= 4 is 23.8 Å². The second-order valence-electron chi connectivity index (χ2n) is 14.8. The van der Waals surface area contributed by atoms with Crippen LogP contribution in [0, 0.1) is 0 Å². The summed E-state index contributed by atoms with van der Waals surface area (Å²) in [6.45, 7) is -1.46. The molecule has 2 rings (SSSR count). The largest absolute Gasteiger partial charge is 0.480 e. The SMILES string of the molecule is CN1CCN(C(CCC(=O)N(C)C[C@H](O)[C@@H](O)[C@H](O)[C@H](O)CO)C(=O)O)Cc2cccc(n2)CN(C(CCC(=O)N(C)C[C@H](O)[C@@H](O)[C@H](O)[C@H](O)CO)C(=O)O)CC1. The van der Waals surface area contributed by atoms with Crippen molar-refractivity contribution in [2.24, 2.45) is 0 Å². The summed E-state index contributed by atoms with van der Waals surface area (Å²) in [6, 6.07) is 2.76. The Morgan fingerprint density at radius 2 is 0.966 bits per heavy atom. The van der Waals surface area contributed by atoms with Crippen LogP contribution >= 0.6 is 0 Å². The number of carboxylic acid groups (broad SMARTS) is 2. The van der Waals surface area contributed by atoms with Crippen LogP contribution in [0.1, 0.15) is 37.1 Å². The van der Waals surface area contributed by atoms with Gasteiger partial charge in [0.15, 0.2) is 0 Å². The first-order chi connectivity index (χ1) is 27.2. The van der Waals surface area contributed by atoms with Crippen LogP contribution in [0.4, 0.5) is 0 Å². The summed E-state index contributed by atoms with van der Waals surface area (Å²) in [6.07, 6.45) is -15.1. The number of pyridine rings is 1. The second kappa shape index (κ2) is 24.6. The number of hydrogen-bond acceptors (Lipinski definition) is 18. The average Bonchev–Trinajstić information content (AvgIpc) is 3.18. The molecular formula is C36H62N6O16. The lowest BCUT2D eigenvalue weighted by atomic mass is 10.0. The van der Waals surface area contributed by atoms with Gasteiger partial charge in [-0.15, -0.1) is 0 Å². The van der Waals surface area contributed by atoms with E-state index in [0.29, 0.717) is 24.5 Å². The van der Waals surface area contributed by atoms with Crippen molar-refractivity contribution < 1.29 is 80.5 Å². The van der Waals surface area contributed by atoms with Gasteiger partial charge in [-0.3, -0.25) is 34.0 Å². The molecule has 0 saturated heterocycles. The first-order valence-corrected chi connectivity index (χ1v) is 18.9. The number of nitrogens with zero attached hydrogens (tertiary/aromatic N) is 6. The summed E-state index contributed by atoms with van der Waals surface area (Å²) in [5.74, 6) is -3.52. The van der Waals surface area contributed by atoms with Gasteiger partial charge in [-0.05, 0) is 32.0 Å². The Labute approximate surface area is 336 Å². The average molecular weight is 835 g/mol. The summed E-state index contributed by atoms with van der Waals surface area (Å²) < 4.78 is 0. The highest BCUT2D eigenvalue weighted by Gasteiger charge is 2.34. The maximum Gasteiger partial charge on any atom is 0.320 e. The van der Waals surface area contributed by atoms with Gasteiger partial charge in [-0.2, -0.15) is 0 Å². The Kier molecular flexibility index (Phi) is 21.4. The molecule has 2 bridgehead atoms. The van der Waals surface area contributed by atoms with E-state index >= 15 is 0 Å². The van der Waals surface area contributed by atoms with Crippen LogP contribution < -0.4 is 0 Å². The number of fused-ring (bicyclic) bond motifs is 2. The second-order valence-corrected chi connectivity index (χ2v) is 14.8. The van der Waals surface area contributed by atoms with Crippen LogP contribution in [0.2, 0.25) is 0 Å². The fraction of sp³-hybridized carbons (Fsp3) is 0.750. The third-order valence-corrected chi connectivity index (χ3v) is 10.3. The lowest BCUT2D eigenvalue weighted by Gasteiger charge is -2.34. The molecule has 10 atom stereocenters. The molecular weight excluding hydrogens is 772 g/mol. The Hall–Kier alpha value is -3.49. The number of aliphatic carboxylic acids is 2. The van der Waals surface area contributed by atoms with Crippen LogP contribution in [0.25, 0.3) is 0 Å². The van der Waals surface area contributed by atoms with Gasteiger partial charge in [0.05, 0.1) is 24.6 Å². The number of aliphatic hydroxyl groups excluding tert-OH is 10. The van der Waals surface area contributed by atoms with Crippen LogP contribution in [0.15, 0.2) is 18.2 Å². The fourth-order valence-electron chi connectivity index (χ4n) is 6.46. The van der Waals surface area contributed by atoms with E-state index in [2.05, 4.69) is 4.98 Å². The van der Waals surface area contributed by atoms with Crippen molar-refractivity contribution in [2.75, 3.05) is 73.6 Å². The molecule has 0 spiro atoms. The van der Waals surface area contributed by atoms with E-state index in [9.17, 15) is 70.2 Å². The smallest absolute Gasteiger partial charge is 0.320 e. The molecule has 2 amide bonds. The predicted molar refractivity (Wildman–Crippen MR) is 201 cm³/mol. The van der Waals surface area contributed by atoms with Gasteiger partial charge in [0.25, 0.3) is 0 Å². The van der Waals surface area contributed by atoms with Crippen molar-refractivity contribution in [3.05, 3.63) is 29.6 Å². The monoisotopic (exact) mass is 834 g/mol. The highest BCUT2D eigenvalue weighted by atomic mass is 16.4. The summed E-state index contributed by atoms with van der Waals surface area (Å²) in [5.41, 5.74) is 0.939. The molecule has 0 fully saturated rings. The van der Waals surface area contributed by atoms with Crippen LogP contribution in [-0.2, 0) is 32.3 Å². The number of carboxylic acids is 2. The molecule has 1 aliphatic heterocycles. The number of rotatable bonds is 22. The minimum Gasteiger partial charge on any atom is -0.480 e. The summed E-state index contributed by atoms with van der Waals surface area (Å²) in [7, 11) is 4.41. The molecule has 0 radical (unpaired) electrons. The molecule has 1 aliphatic rings. The molecule has 12 N–H and O–H groups in total. The van der Waals surface area contributed by atoms with E-state index in [4.69, 9.17) is 10.2 Å². The van der Waals surface area contributed by atoms with E-state index in [-0.39, 0.29) is 51.9 Å². The summed E-state index contributed by atoms with van der Waals surface area (Å²) >= 11 is 0. The Morgan fingerprint density at radius 3 is 1.29 bits per heavy atom. The Bertz CT molecular complexity index is 1350. The van der Waals surface area contributed by atoms with Gasteiger partial charge in [0.2, 0.25) is 11.8 Å². The van der Waals surface area contributed by atoms with Crippen molar-refractivity contribution in [2.45, 2.75) is 99.7 Å². The van der Waals surface area contributed by atoms with E-state index in [1.54, 1.807) is 35.0 Å². The lowest BCUT2D eigenvalue weighted by molar-refractivity contribution is -0.146. The first kappa shape index (κ1) is 50.7. The van der Waals surface area contributed by atoms with Crippen LogP contribution in [0.3, 0.4) is 0 Å². The number of aliphatic hydroxyl groups is 10. The zero-order valence-electron chi connectivity index (χ0n) is 33.1. The number of likely N-dealkylation sites (N-methyl/N-ethyl adjacent to an activating group) is 3. The number of carbonyl (C=O) groups excluding carboxylic acids is 2. The maximum absolute atomic E-state index is 13.0. The van der Waals surface area contributed by atoms with E-state index in [0.717, 1.165) is 9.80 Å². The van der Waals surface area contributed by atoms with E-state index in [1.165, 1.54) is 14.1 Å². The third-order valence-electron chi connectivity index (χ3n) is 10.3. The molecule has 2 unspecified atom stereocenters. The van der Waals surface area contributed by atoms with Gasteiger partial charge in [0, 0.05) is 79.3 Å². The zero-order valence-corrected chi connectivity index (χ0v) is 33.1. The fourth-order valence-corrected chi connectivity index (χ4v) is 6.46. The molecule has 22 nitrogen and oxygen atoms in total. The van der Waals surface area contributed by atoms with Crippen LogP contribution in [0.5, 0.6) is 0 Å². The minimum atomic E-state index is -1.88. The zero-order chi connectivity index (χ0) is 43.9. The number of aromatic nitrogens is 1. The Morgan fingerprint density at radius 1 is 0.621 bits per heavy atom. The van der Waals surface area contributed by atoms with Crippen molar-refractivity contribution in [1.29, 1.82) is 0 Å². The van der Waals surface area contributed by atoms with E-state index in [1.807, 2.05) is 4.90 Å². The van der Waals surface area contributed by atoms with Crippen molar-refractivity contribution in [3.63, 3.8) is 0 Å². The molecule has 0 saturated carbocycles. The highest BCUT2D eigenvalue weighted by Crippen LogP contribution is 2.18. The van der Waals surface area contributed by atoms with Crippen molar-refractivity contribution in [3.8, 4) is 0 Å². The molecule has 0 aromatic carbocycles. The first-order valence-electron chi connectivity index (χ1n) is 18.9. The lowest BCUT2D eigenvalue weighted by Crippen LogP contribution is -2.50. The van der Waals surface area contributed by atoms with Gasteiger partial charge in [0.1, 0.15) is 60.9 Å². The quantitative estimate of drug-likeness (QED) is 0.0517. The van der Waals surface area contributed by atoms with E-state index < -0.39 is 111 Å². The highest BCUT2D eigenvalue weighted by molar-refractivity contribution is 5.79. The molecule has 1 aromatic heterocycles. The minimum absolute atomic E-state index is 0.0540. The third kappa shape index (κ3) is 15.6. The maximum atomic E-state index is 13.0. The normalized spacial score (nSPS) is 20.2. The molecule has 0 aliphatic carbocycles. The molecule has 2 heterocycles. The van der Waals surface area contributed by atoms with Gasteiger partial charge in [-0.25, -0.2) is 0 Å². The summed E-state index contributed by atoms with van der Waals surface area (Å²) in [5, 5.41) is 118. The standard InChI is InChI=1S/C36H62N6O16/c1-38-11-13-41(23(35(55)56)7-9-29(49)39(2)17-25(45)31(51)33(53)27(47)19-43)15-21-5-4-6-22(37-21)16-42(14-12-38)24(36(57)58)8-10-30(50)40(3)18-26(46)32(52)34(54)28(48)20-44/h4-6,23-28,31-34,43-48,51-54H,7-20H2,1-3H3,(H,55,56)(H,57,58)/t23?,24?,25-,26-,27+,28+,31+,32+,33+,34+/m0/s1.